The SMILES string of the molecule is CO[Si](C)(C)CCCNCCCN=CCCCC=NCCCCCCCCCCCCN=CCCCC=O. The first kappa shape index (κ1) is 36.8. The summed E-state index contributed by atoms with van der Waals surface area (Å²) in [4.78, 5) is 23.7. The number of nitrogens with one attached hydrogen (secondary N) is 1. The molecule has 0 saturated heterocycles. The second-order valence-corrected chi connectivity index (χ2v) is 15.4. The summed E-state index contributed by atoms with van der Waals surface area (Å²) >= 11 is 0. The fourth-order valence-corrected chi connectivity index (χ4v) is 5.35. The molecule has 0 spiro atoms. The number of rotatable bonds is 30. The van der Waals surface area contributed by atoms with Crippen LogP contribution in [0.25, 0.3) is 0 Å². The molecule has 0 aromatic rings. The van der Waals surface area contributed by atoms with E-state index in [9.17, 15) is 4.79 Å². The molecule has 38 heavy (non-hydrogen) atoms. The van der Waals surface area contributed by atoms with E-state index in [-0.39, 0.29) is 0 Å². The van der Waals surface area contributed by atoms with Crippen molar-refractivity contribution in [3.05, 3.63) is 0 Å². The van der Waals surface area contributed by atoms with Crippen LogP contribution in [0.5, 0.6) is 0 Å². The highest BCUT2D eigenvalue weighted by atomic mass is 28.4. The fourth-order valence-electron chi connectivity index (χ4n) is 4.12. The van der Waals surface area contributed by atoms with Crippen LogP contribution in [0, 0.1) is 0 Å². The molecule has 0 amide bonds. The fraction of sp³-hybridized carbons (Fsp3) is 0.871. The predicted octanol–water partition coefficient (Wildman–Crippen LogP) is 7.86. The van der Waals surface area contributed by atoms with Gasteiger partial charge in [0.15, 0.2) is 8.32 Å². The molecule has 0 aliphatic heterocycles. The highest BCUT2D eigenvalue weighted by Gasteiger charge is 2.19. The Bertz CT molecular complexity index is 582. The first-order valence-corrected chi connectivity index (χ1v) is 18.9. The van der Waals surface area contributed by atoms with Crippen molar-refractivity contribution in [1.82, 2.24) is 5.32 Å². The van der Waals surface area contributed by atoms with E-state index in [4.69, 9.17) is 4.43 Å². The molecule has 0 heterocycles. The molecule has 0 aromatic carbocycles. The maximum atomic E-state index is 10.2. The zero-order chi connectivity index (χ0) is 27.8. The zero-order valence-electron chi connectivity index (χ0n) is 25.4. The van der Waals surface area contributed by atoms with Gasteiger partial charge < -0.3 is 14.5 Å². The van der Waals surface area contributed by atoms with Gasteiger partial charge in [-0.2, -0.15) is 0 Å². The molecule has 0 rings (SSSR count). The summed E-state index contributed by atoms with van der Waals surface area (Å²) in [5.74, 6) is 0. The third-order valence-electron chi connectivity index (χ3n) is 6.86. The van der Waals surface area contributed by atoms with Gasteiger partial charge in [-0.3, -0.25) is 15.0 Å². The van der Waals surface area contributed by atoms with Crippen LogP contribution in [0.15, 0.2) is 15.0 Å². The Kier molecular flexibility index (Phi) is 29.4. The van der Waals surface area contributed by atoms with Gasteiger partial charge in [0, 0.05) is 33.2 Å². The van der Waals surface area contributed by atoms with E-state index in [0.717, 1.165) is 77.5 Å². The van der Waals surface area contributed by atoms with E-state index in [1.807, 2.05) is 13.3 Å². The number of aliphatic imine (C=N–C) groups is 3. The van der Waals surface area contributed by atoms with Crippen molar-refractivity contribution in [1.29, 1.82) is 0 Å². The smallest absolute Gasteiger partial charge is 0.186 e. The Hall–Kier alpha value is -1.18. The molecular weight excluding hydrogens is 488 g/mol. The summed E-state index contributed by atoms with van der Waals surface area (Å²) < 4.78 is 5.58. The van der Waals surface area contributed by atoms with E-state index in [0.29, 0.717) is 6.42 Å². The van der Waals surface area contributed by atoms with Gasteiger partial charge in [-0.1, -0.05) is 51.4 Å². The van der Waals surface area contributed by atoms with E-state index in [1.165, 1.54) is 76.7 Å². The van der Waals surface area contributed by atoms with Crippen molar-refractivity contribution in [3.8, 4) is 0 Å². The molecule has 0 atom stereocenters. The van der Waals surface area contributed by atoms with Crippen LogP contribution in [0.2, 0.25) is 19.1 Å². The monoisotopic (exact) mass is 550 g/mol. The first-order chi connectivity index (χ1) is 18.6. The Labute approximate surface area is 237 Å². The second kappa shape index (κ2) is 30.4. The number of unbranched alkanes of at least 4 members (excludes halogenated alkanes) is 13. The standard InChI is InChI=1S/C31H62N4O2Si/c1-37-38(2,3)31-21-29-35-28-20-27-34-25-17-12-16-24-32-22-14-10-8-6-4-5-7-9-11-15-23-33-26-18-13-19-30-36/h24-26,30,35H,4-23,27-29,31H2,1-3H3. The maximum absolute atomic E-state index is 10.2. The van der Waals surface area contributed by atoms with Gasteiger partial charge in [-0.25, -0.2) is 0 Å². The molecule has 0 aliphatic rings. The number of nitrogens with zero attached hydrogens (tertiary/aromatic N) is 3. The Morgan fingerprint density at radius 1 is 0.579 bits per heavy atom. The normalized spacial score (nSPS) is 12.5. The van der Waals surface area contributed by atoms with Gasteiger partial charge in [0.25, 0.3) is 0 Å². The molecule has 222 valence electrons. The summed E-state index contributed by atoms with van der Waals surface area (Å²) in [5, 5.41) is 3.52. The van der Waals surface area contributed by atoms with Crippen LogP contribution in [-0.2, 0) is 9.22 Å². The lowest BCUT2D eigenvalue weighted by Crippen LogP contribution is -2.29. The van der Waals surface area contributed by atoms with E-state index in [2.05, 4.69) is 45.8 Å². The summed E-state index contributed by atoms with van der Waals surface area (Å²) in [5.41, 5.74) is 0. The molecule has 0 aliphatic carbocycles. The van der Waals surface area contributed by atoms with Crippen molar-refractivity contribution in [2.24, 2.45) is 15.0 Å². The first-order valence-electron chi connectivity index (χ1n) is 15.8. The summed E-state index contributed by atoms with van der Waals surface area (Å²) in [6.07, 6.45) is 28.6. The zero-order valence-corrected chi connectivity index (χ0v) is 26.4. The number of carbonyl (C=O) groups is 1. The lowest BCUT2D eigenvalue weighted by Gasteiger charge is -2.19. The lowest BCUT2D eigenvalue weighted by atomic mass is 10.1. The highest BCUT2D eigenvalue weighted by Crippen LogP contribution is 2.12. The van der Waals surface area contributed by atoms with Crippen LogP contribution in [0.4, 0.5) is 0 Å². The number of hydrogen-bond acceptors (Lipinski definition) is 6. The minimum absolute atomic E-state index is 0.659. The minimum atomic E-state index is -1.38. The van der Waals surface area contributed by atoms with Gasteiger partial charge in [0.1, 0.15) is 6.29 Å². The van der Waals surface area contributed by atoms with Gasteiger partial charge in [0.05, 0.1) is 0 Å². The van der Waals surface area contributed by atoms with Gasteiger partial charge in [-0.05, 0) is 109 Å². The third kappa shape index (κ3) is 31.0. The quantitative estimate of drug-likeness (QED) is 0.0428. The molecule has 0 fully saturated rings. The Morgan fingerprint density at radius 2 is 1.00 bits per heavy atom. The molecule has 0 saturated carbocycles. The van der Waals surface area contributed by atoms with Gasteiger partial charge >= 0.3 is 0 Å². The van der Waals surface area contributed by atoms with Crippen molar-refractivity contribution in [2.45, 2.75) is 135 Å². The molecule has 0 radical (unpaired) electrons. The van der Waals surface area contributed by atoms with E-state index >= 15 is 0 Å². The van der Waals surface area contributed by atoms with Crippen molar-refractivity contribution in [3.63, 3.8) is 0 Å². The van der Waals surface area contributed by atoms with Crippen molar-refractivity contribution in [2.75, 3.05) is 39.8 Å². The summed E-state index contributed by atoms with van der Waals surface area (Å²) in [6, 6.07) is 1.23. The Morgan fingerprint density at radius 3 is 1.47 bits per heavy atom. The average Bonchev–Trinajstić information content (AvgIpc) is 2.91. The molecule has 6 nitrogen and oxygen atoms in total. The van der Waals surface area contributed by atoms with Crippen molar-refractivity contribution >= 4 is 33.2 Å². The van der Waals surface area contributed by atoms with E-state index in [1.54, 1.807) is 0 Å². The average molecular weight is 551 g/mol. The van der Waals surface area contributed by atoms with Crippen LogP contribution >= 0.6 is 0 Å². The summed E-state index contributed by atoms with van der Waals surface area (Å²) in [7, 11) is 0.467. The topological polar surface area (TPSA) is 75.4 Å². The van der Waals surface area contributed by atoms with Crippen LogP contribution in [0.3, 0.4) is 0 Å². The predicted molar refractivity (Wildman–Crippen MR) is 171 cm³/mol. The molecule has 0 unspecified atom stereocenters. The molecule has 7 heteroatoms. The second-order valence-electron chi connectivity index (χ2n) is 11.0. The molecule has 0 bridgehead atoms. The van der Waals surface area contributed by atoms with Gasteiger partial charge in [0.2, 0.25) is 0 Å². The summed E-state index contributed by atoms with van der Waals surface area (Å²) in [6.45, 7) is 9.58. The molecular formula is C31H62N4O2Si. The minimum Gasteiger partial charge on any atom is -0.420 e. The molecule has 1 N–H and O–H groups in total. The molecule has 0 aromatic heterocycles. The Balaban J connectivity index is 3.22. The third-order valence-corrected chi connectivity index (χ3v) is 9.52. The van der Waals surface area contributed by atoms with Crippen LogP contribution in [0.1, 0.15) is 116 Å². The van der Waals surface area contributed by atoms with E-state index < -0.39 is 8.32 Å². The maximum Gasteiger partial charge on any atom is 0.186 e. The van der Waals surface area contributed by atoms with Crippen molar-refractivity contribution < 1.29 is 9.22 Å². The van der Waals surface area contributed by atoms with Gasteiger partial charge in [-0.15, -0.1) is 0 Å². The lowest BCUT2D eigenvalue weighted by molar-refractivity contribution is -0.107. The number of carbonyl (C=O) groups excluding carboxylic acids is 1. The number of aldehydes is 1. The highest BCUT2D eigenvalue weighted by molar-refractivity contribution is 6.71. The largest absolute Gasteiger partial charge is 0.420 e. The van der Waals surface area contributed by atoms with Crippen LogP contribution < -0.4 is 5.32 Å². The van der Waals surface area contributed by atoms with Crippen LogP contribution in [-0.4, -0.2) is 73.1 Å². The number of hydrogen-bond donors (Lipinski definition) is 1.